The molecule has 0 spiro atoms. The Morgan fingerprint density at radius 2 is 1.88 bits per heavy atom. The Morgan fingerprint density at radius 3 is 2.48 bits per heavy atom. The number of aliphatic hydroxyl groups is 1. The van der Waals surface area contributed by atoms with Crippen molar-refractivity contribution in [3.05, 3.63) is 35.9 Å². The van der Waals surface area contributed by atoms with Crippen LogP contribution in [0.25, 0.3) is 0 Å². The third-order valence-corrected chi connectivity index (χ3v) is 11.7. The fraction of sp³-hybridized carbons (Fsp3) is 0.731. The molecule has 0 saturated carbocycles. The van der Waals surface area contributed by atoms with Crippen LogP contribution in [0.3, 0.4) is 0 Å². The van der Waals surface area contributed by atoms with Gasteiger partial charge in [-0.15, -0.1) is 0 Å². The zero-order valence-electron chi connectivity index (χ0n) is 21.7. The Bertz CT molecular complexity index is 721. The number of methoxy groups -OCH3 is 1. The summed E-state index contributed by atoms with van der Waals surface area (Å²) < 4.78 is 11.2. The zero-order chi connectivity index (χ0) is 24.6. The van der Waals surface area contributed by atoms with E-state index in [4.69, 9.17) is 14.0 Å². The molecule has 7 heteroatoms. The number of nitrogens with zero attached hydrogens (tertiary/aromatic N) is 1. The van der Waals surface area contributed by atoms with Gasteiger partial charge in [-0.3, -0.25) is 9.63 Å². The quantitative estimate of drug-likeness (QED) is 0.244. The molecule has 1 aliphatic heterocycles. The van der Waals surface area contributed by atoms with E-state index in [0.717, 1.165) is 32.1 Å². The minimum Gasteiger partial charge on any atom is -0.469 e. The van der Waals surface area contributed by atoms with Crippen molar-refractivity contribution in [3.8, 4) is 0 Å². The summed E-state index contributed by atoms with van der Waals surface area (Å²) in [6.45, 7) is 13.7. The van der Waals surface area contributed by atoms with Gasteiger partial charge in [0, 0.05) is 19.0 Å². The molecule has 0 radical (unpaired) electrons. The van der Waals surface area contributed by atoms with Gasteiger partial charge in [0.15, 0.2) is 8.32 Å². The molecule has 1 heterocycles. The average Bonchev–Trinajstić information content (AvgIpc) is 3.14. The van der Waals surface area contributed by atoms with Crippen molar-refractivity contribution in [1.82, 2.24) is 5.06 Å². The molecule has 0 aromatic heterocycles. The number of hydroxylamine groups is 2. The van der Waals surface area contributed by atoms with Crippen molar-refractivity contribution in [1.29, 1.82) is 0 Å². The molecule has 0 aliphatic carbocycles. The number of ether oxygens (including phenoxy) is 1. The summed E-state index contributed by atoms with van der Waals surface area (Å²) in [5, 5.41) is 13.3. The molecule has 1 saturated heterocycles. The van der Waals surface area contributed by atoms with E-state index in [-0.39, 0.29) is 29.3 Å². The first-order chi connectivity index (χ1) is 15.4. The Kier molecular flexibility index (Phi) is 10.6. The van der Waals surface area contributed by atoms with E-state index in [1.165, 1.54) is 12.7 Å². The maximum absolute atomic E-state index is 11.3. The molecule has 4 atom stereocenters. The number of hydrogen-bond acceptors (Lipinski definition) is 6. The first kappa shape index (κ1) is 28.0. The fourth-order valence-corrected chi connectivity index (χ4v) is 5.45. The highest BCUT2D eigenvalue weighted by Gasteiger charge is 2.43. The van der Waals surface area contributed by atoms with E-state index in [1.54, 1.807) is 0 Å². The standard InChI is InChI=1S/C26H45NO5Si/c1-20(32-33(6,7)26(2,3)4)25(29)23-18-22(16-12-9-13-17-24(28)30-5)27(31-23)19-21-14-10-8-11-15-21/h8,10-11,14-15,20,22-23,25,29H,9,12-13,16-19H2,1-7H3/t20-,22-,23+,25-/m1/s1. The summed E-state index contributed by atoms with van der Waals surface area (Å²) in [6, 6.07) is 10.5. The van der Waals surface area contributed by atoms with E-state index < -0.39 is 14.4 Å². The van der Waals surface area contributed by atoms with Crippen LogP contribution < -0.4 is 0 Å². The summed E-state index contributed by atoms with van der Waals surface area (Å²) in [5.74, 6) is -0.149. The molecule has 1 aromatic rings. The maximum Gasteiger partial charge on any atom is 0.305 e. The van der Waals surface area contributed by atoms with Crippen LogP contribution in [-0.4, -0.2) is 55.9 Å². The first-order valence-corrected chi connectivity index (χ1v) is 15.3. The molecule has 0 bridgehead atoms. The normalized spacial score (nSPS) is 21.7. The van der Waals surface area contributed by atoms with Crippen molar-refractivity contribution in [2.75, 3.05) is 7.11 Å². The molecule has 1 aromatic carbocycles. The van der Waals surface area contributed by atoms with Crippen molar-refractivity contribution in [2.45, 2.75) is 115 Å². The van der Waals surface area contributed by atoms with Crippen molar-refractivity contribution in [2.24, 2.45) is 0 Å². The van der Waals surface area contributed by atoms with Crippen LogP contribution in [0.5, 0.6) is 0 Å². The highest BCUT2D eigenvalue weighted by atomic mass is 28.4. The number of carbonyl (C=O) groups is 1. The number of esters is 1. The van der Waals surface area contributed by atoms with Crippen molar-refractivity contribution >= 4 is 14.3 Å². The Hall–Kier alpha value is -1.25. The largest absolute Gasteiger partial charge is 0.469 e. The molecule has 2 rings (SSSR count). The topological polar surface area (TPSA) is 68.2 Å². The highest BCUT2D eigenvalue weighted by Crippen LogP contribution is 2.38. The van der Waals surface area contributed by atoms with E-state index >= 15 is 0 Å². The van der Waals surface area contributed by atoms with Gasteiger partial charge < -0.3 is 14.3 Å². The summed E-state index contributed by atoms with van der Waals surface area (Å²) >= 11 is 0. The zero-order valence-corrected chi connectivity index (χ0v) is 22.7. The van der Waals surface area contributed by atoms with Gasteiger partial charge in [0.1, 0.15) is 12.2 Å². The number of aliphatic hydroxyl groups excluding tert-OH is 1. The molecule has 0 unspecified atom stereocenters. The van der Waals surface area contributed by atoms with Crippen LogP contribution >= 0.6 is 0 Å². The van der Waals surface area contributed by atoms with Gasteiger partial charge in [0.2, 0.25) is 0 Å². The van der Waals surface area contributed by atoms with Gasteiger partial charge >= 0.3 is 5.97 Å². The Labute approximate surface area is 201 Å². The predicted molar refractivity (Wildman–Crippen MR) is 134 cm³/mol. The number of benzene rings is 1. The molecule has 1 N–H and O–H groups in total. The third-order valence-electron chi connectivity index (χ3n) is 7.16. The molecular weight excluding hydrogens is 434 g/mol. The minimum atomic E-state index is -1.99. The monoisotopic (exact) mass is 479 g/mol. The fourth-order valence-electron chi connectivity index (χ4n) is 4.02. The third kappa shape index (κ3) is 8.48. The van der Waals surface area contributed by atoms with E-state index in [2.05, 4.69) is 46.0 Å². The van der Waals surface area contributed by atoms with Crippen LogP contribution in [0, 0.1) is 0 Å². The van der Waals surface area contributed by atoms with Gasteiger partial charge in [-0.1, -0.05) is 63.9 Å². The van der Waals surface area contributed by atoms with Crippen LogP contribution in [0.1, 0.15) is 71.8 Å². The van der Waals surface area contributed by atoms with Crippen LogP contribution in [-0.2, 0) is 25.3 Å². The second kappa shape index (κ2) is 12.5. The molecule has 1 fully saturated rings. The molecular formula is C26H45NO5Si. The molecule has 33 heavy (non-hydrogen) atoms. The van der Waals surface area contributed by atoms with Crippen molar-refractivity contribution < 1.29 is 23.9 Å². The predicted octanol–water partition coefficient (Wildman–Crippen LogP) is 5.46. The van der Waals surface area contributed by atoms with Gasteiger partial charge in [0.25, 0.3) is 0 Å². The lowest BCUT2D eigenvalue weighted by molar-refractivity contribution is -0.200. The smallest absolute Gasteiger partial charge is 0.305 e. The molecule has 6 nitrogen and oxygen atoms in total. The van der Waals surface area contributed by atoms with Crippen LogP contribution in [0.2, 0.25) is 18.1 Å². The molecule has 0 amide bonds. The number of carbonyl (C=O) groups excluding carboxylic acids is 1. The average molecular weight is 480 g/mol. The number of hydrogen-bond donors (Lipinski definition) is 1. The van der Waals surface area contributed by atoms with Gasteiger partial charge in [0.05, 0.1) is 13.2 Å². The lowest BCUT2D eigenvalue weighted by atomic mass is 9.98. The lowest BCUT2D eigenvalue weighted by Crippen LogP contribution is -2.48. The van der Waals surface area contributed by atoms with Crippen LogP contribution in [0.4, 0.5) is 0 Å². The van der Waals surface area contributed by atoms with Gasteiger partial charge in [-0.05, 0) is 49.9 Å². The minimum absolute atomic E-state index is 0.0869. The van der Waals surface area contributed by atoms with Crippen LogP contribution in [0.15, 0.2) is 30.3 Å². The highest BCUT2D eigenvalue weighted by molar-refractivity contribution is 6.74. The first-order valence-electron chi connectivity index (χ1n) is 12.3. The van der Waals surface area contributed by atoms with E-state index in [9.17, 15) is 9.90 Å². The second-order valence-electron chi connectivity index (χ2n) is 10.8. The molecule has 188 valence electrons. The number of unbranched alkanes of at least 4 members (excludes halogenated alkanes) is 2. The maximum atomic E-state index is 11.3. The summed E-state index contributed by atoms with van der Waals surface area (Å²) in [4.78, 5) is 17.7. The number of rotatable bonds is 12. The summed E-state index contributed by atoms with van der Waals surface area (Å²) in [7, 11) is -0.555. The molecule has 1 aliphatic rings. The Balaban J connectivity index is 1.99. The summed E-state index contributed by atoms with van der Waals surface area (Å²) in [5.41, 5.74) is 1.19. The Morgan fingerprint density at radius 1 is 1.21 bits per heavy atom. The SMILES string of the molecule is COC(=O)CCCCC[C@@H]1C[C@@H]([C@H](O)[C@@H](C)O[Si](C)(C)C(C)(C)C)ON1Cc1ccccc1. The summed E-state index contributed by atoms with van der Waals surface area (Å²) in [6.07, 6.45) is 3.78. The second-order valence-corrected chi connectivity index (χ2v) is 15.6. The van der Waals surface area contributed by atoms with E-state index in [1.807, 2.05) is 30.2 Å². The lowest BCUT2D eigenvalue weighted by Gasteiger charge is -2.40. The van der Waals surface area contributed by atoms with Crippen molar-refractivity contribution in [3.63, 3.8) is 0 Å². The van der Waals surface area contributed by atoms with E-state index in [0.29, 0.717) is 13.0 Å². The van der Waals surface area contributed by atoms with Gasteiger partial charge in [-0.2, -0.15) is 5.06 Å². The van der Waals surface area contributed by atoms with Gasteiger partial charge in [-0.25, -0.2) is 0 Å².